The van der Waals surface area contributed by atoms with Crippen LogP contribution in [0, 0.1) is 10.8 Å². The molecule has 0 spiro atoms. The number of hydrogen-bond donors (Lipinski definition) is 0. The second-order valence-corrected chi connectivity index (χ2v) is 7.59. The fourth-order valence-electron chi connectivity index (χ4n) is 1.22. The van der Waals surface area contributed by atoms with Gasteiger partial charge in [-0.15, -0.1) is 0 Å². The molecule has 4 nitrogen and oxygen atoms in total. The molecule has 0 N–H and O–H groups in total. The third kappa shape index (κ3) is 10.7. The Bertz CT molecular complexity index is 359. The van der Waals surface area contributed by atoms with Crippen LogP contribution in [0.1, 0.15) is 94.4 Å². The van der Waals surface area contributed by atoms with E-state index >= 15 is 0 Å². The molecular weight excluding hydrogens is 304 g/mol. The molecule has 1 unspecified atom stereocenters. The Hall–Kier alpha value is -1.06. The van der Waals surface area contributed by atoms with Crippen molar-refractivity contribution in [1.82, 2.24) is 0 Å². The largest absolute Gasteiger partial charge is 0.465 e. The maximum atomic E-state index is 11.4. The van der Waals surface area contributed by atoms with Crippen LogP contribution in [0.25, 0.3) is 0 Å². The van der Waals surface area contributed by atoms with Gasteiger partial charge in [0.1, 0.15) is 0 Å². The van der Waals surface area contributed by atoms with Crippen LogP contribution in [0.3, 0.4) is 0 Å². The molecule has 0 rings (SSSR count). The Balaban J connectivity index is 0. The zero-order chi connectivity index (χ0) is 19.4. The van der Waals surface area contributed by atoms with E-state index in [9.17, 15) is 9.59 Å². The van der Waals surface area contributed by atoms with E-state index < -0.39 is 0 Å². The smallest absolute Gasteiger partial charge is 0.311 e. The van der Waals surface area contributed by atoms with Crippen LogP contribution < -0.4 is 0 Å². The van der Waals surface area contributed by atoms with Crippen molar-refractivity contribution in [3.8, 4) is 0 Å². The Morgan fingerprint density at radius 3 is 1.71 bits per heavy atom. The summed E-state index contributed by atoms with van der Waals surface area (Å²) in [5, 5.41) is 0. The SMILES string of the molecule is CCC(C)OC(=O)C(C)(C)CC.CCCCOC(=O)C(C)(C)CC. The molecule has 0 bridgehead atoms. The van der Waals surface area contributed by atoms with E-state index in [1.807, 2.05) is 55.4 Å². The quantitative estimate of drug-likeness (QED) is 0.407. The molecule has 0 aromatic carbocycles. The van der Waals surface area contributed by atoms with Gasteiger partial charge in [0.15, 0.2) is 0 Å². The van der Waals surface area contributed by atoms with Crippen molar-refractivity contribution in [1.29, 1.82) is 0 Å². The highest BCUT2D eigenvalue weighted by Gasteiger charge is 2.28. The molecule has 0 fully saturated rings. The first-order valence-electron chi connectivity index (χ1n) is 9.36. The lowest BCUT2D eigenvalue weighted by Gasteiger charge is -2.22. The van der Waals surface area contributed by atoms with E-state index in [1.165, 1.54) is 0 Å². The highest BCUT2D eigenvalue weighted by Crippen LogP contribution is 2.22. The van der Waals surface area contributed by atoms with Gasteiger partial charge in [0, 0.05) is 0 Å². The number of ether oxygens (including phenoxy) is 2. The first kappa shape index (κ1) is 25.2. The third-order valence-corrected chi connectivity index (χ3v) is 4.49. The van der Waals surface area contributed by atoms with Crippen molar-refractivity contribution < 1.29 is 19.1 Å². The van der Waals surface area contributed by atoms with Crippen LogP contribution in [0.4, 0.5) is 0 Å². The molecule has 0 aliphatic rings. The van der Waals surface area contributed by atoms with Crippen molar-refractivity contribution >= 4 is 11.9 Å². The average Bonchev–Trinajstić information content (AvgIpc) is 2.55. The van der Waals surface area contributed by atoms with Gasteiger partial charge in [0.2, 0.25) is 0 Å². The number of esters is 2. The molecule has 4 heteroatoms. The molecule has 0 aromatic rings. The average molecular weight is 345 g/mol. The second-order valence-electron chi connectivity index (χ2n) is 7.59. The molecule has 0 radical (unpaired) electrons. The van der Waals surface area contributed by atoms with E-state index in [4.69, 9.17) is 9.47 Å². The third-order valence-electron chi connectivity index (χ3n) is 4.49. The predicted octanol–water partition coefficient (Wildman–Crippen LogP) is 5.53. The minimum absolute atomic E-state index is 0.0447. The Morgan fingerprint density at radius 2 is 1.33 bits per heavy atom. The van der Waals surface area contributed by atoms with Crippen LogP contribution in [-0.2, 0) is 19.1 Å². The molecule has 0 saturated carbocycles. The summed E-state index contributed by atoms with van der Waals surface area (Å²) in [5.41, 5.74) is -0.642. The molecule has 0 aromatic heterocycles. The van der Waals surface area contributed by atoms with E-state index in [2.05, 4.69) is 6.92 Å². The minimum atomic E-state index is -0.330. The highest BCUT2D eigenvalue weighted by molar-refractivity contribution is 5.76. The number of rotatable bonds is 9. The normalized spacial score (nSPS) is 12.7. The Morgan fingerprint density at radius 1 is 0.875 bits per heavy atom. The molecule has 0 aliphatic heterocycles. The van der Waals surface area contributed by atoms with E-state index in [1.54, 1.807) is 0 Å². The lowest BCUT2D eigenvalue weighted by atomic mass is 9.90. The van der Waals surface area contributed by atoms with Crippen LogP contribution in [0.2, 0.25) is 0 Å². The summed E-state index contributed by atoms with van der Waals surface area (Å²) < 4.78 is 10.3. The van der Waals surface area contributed by atoms with Gasteiger partial charge in [0.25, 0.3) is 0 Å². The van der Waals surface area contributed by atoms with Crippen LogP contribution in [0.5, 0.6) is 0 Å². The fraction of sp³-hybridized carbons (Fsp3) is 0.900. The number of hydrogen-bond acceptors (Lipinski definition) is 4. The summed E-state index contributed by atoms with van der Waals surface area (Å²) in [4.78, 5) is 22.8. The fourth-order valence-corrected chi connectivity index (χ4v) is 1.22. The summed E-state index contributed by atoms with van der Waals surface area (Å²) in [6.07, 6.45) is 4.61. The van der Waals surface area contributed by atoms with E-state index in [0.717, 1.165) is 32.1 Å². The maximum absolute atomic E-state index is 11.4. The minimum Gasteiger partial charge on any atom is -0.465 e. The zero-order valence-corrected chi connectivity index (χ0v) is 17.5. The van der Waals surface area contributed by atoms with Gasteiger partial charge >= 0.3 is 11.9 Å². The Kier molecular flexibility index (Phi) is 12.9. The first-order valence-corrected chi connectivity index (χ1v) is 9.36. The predicted molar refractivity (Wildman–Crippen MR) is 99.9 cm³/mol. The summed E-state index contributed by atoms with van der Waals surface area (Å²) >= 11 is 0. The number of unbranched alkanes of at least 4 members (excludes halogenated alkanes) is 1. The van der Waals surface area contributed by atoms with Crippen molar-refractivity contribution in [2.45, 2.75) is 101 Å². The van der Waals surface area contributed by atoms with Gasteiger partial charge in [-0.3, -0.25) is 9.59 Å². The van der Waals surface area contributed by atoms with Gasteiger partial charge in [-0.05, 0) is 60.3 Å². The van der Waals surface area contributed by atoms with Crippen molar-refractivity contribution in [2.75, 3.05) is 6.61 Å². The van der Waals surface area contributed by atoms with Crippen molar-refractivity contribution in [3.05, 3.63) is 0 Å². The molecule has 0 heterocycles. The van der Waals surface area contributed by atoms with E-state index in [-0.39, 0.29) is 28.9 Å². The Labute approximate surface area is 149 Å². The van der Waals surface area contributed by atoms with Gasteiger partial charge in [-0.1, -0.05) is 34.1 Å². The molecule has 0 saturated heterocycles. The molecule has 0 amide bonds. The second kappa shape index (κ2) is 12.3. The van der Waals surface area contributed by atoms with E-state index in [0.29, 0.717) is 6.61 Å². The summed E-state index contributed by atoms with van der Waals surface area (Å²) in [7, 11) is 0. The highest BCUT2D eigenvalue weighted by atomic mass is 16.5. The lowest BCUT2D eigenvalue weighted by molar-refractivity contribution is -0.159. The summed E-state index contributed by atoms with van der Waals surface area (Å²) in [5.74, 6) is -0.155. The van der Waals surface area contributed by atoms with Gasteiger partial charge in [0.05, 0.1) is 23.5 Å². The van der Waals surface area contributed by atoms with Crippen molar-refractivity contribution in [3.63, 3.8) is 0 Å². The van der Waals surface area contributed by atoms with Crippen LogP contribution in [-0.4, -0.2) is 24.6 Å². The molecule has 0 aliphatic carbocycles. The standard InChI is InChI=1S/2C10H20O2/c1-6-8(3)12-9(11)10(4,5)7-2;1-5-7-8-12-9(11)10(3,4)6-2/h8H,6-7H2,1-5H3;5-8H2,1-4H3. The van der Waals surface area contributed by atoms with Crippen molar-refractivity contribution in [2.24, 2.45) is 10.8 Å². The van der Waals surface area contributed by atoms with Crippen LogP contribution in [0.15, 0.2) is 0 Å². The van der Waals surface area contributed by atoms with Gasteiger partial charge in [-0.25, -0.2) is 0 Å². The topological polar surface area (TPSA) is 52.6 Å². The summed E-state index contributed by atoms with van der Waals surface area (Å²) in [6, 6.07) is 0. The maximum Gasteiger partial charge on any atom is 0.311 e. The molecule has 24 heavy (non-hydrogen) atoms. The number of carbonyl (C=O) groups is 2. The number of carbonyl (C=O) groups excluding carboxylic acids is 2. The molecule has 144 valence electrons. The van der Waals surface area contributed by atoms with Crippen LogP contribution >= 0.6 is 0 Å². The zero-order valence-electron chi connectivity index (χ0n) is 17.5. The molecule has 1 atom stereocenters. The lowest BCUT2D eigenvalue weighted by Crippen LogP contribution is -2.28. The van der Waals surface area contributed by atoms with Gasteiger partial charge < -0.3 is 9.47 Å². The molecular formula is C20H40O4. The first-order chi connectivity index (χ1) is 11.0. The monoisotopic (exact) mass is 344 g/mol. The van der Waals surface area contributed by atoms with Gasteiger partial charge in [-0.2, -0.15) is 0 Å². The summed E-state index contributed by atoms with van der Waals surface area (Å²) in [6.45, 7) is 18.2.